The molecule has 3 rings (SSSR count). The summed E-state index contributed by atoms with van der Waals surface area (Å²) in [6.07, 6.45) is 1.04. The lowest BCUT2D eigenvalue weighted by molar-refractivity contribution is 0.0952. The van der Waals surface area contributed by atoms with Crippen LogP contribution in [0.2, 0.25) is 15.1 Å². The highest BCUT2D eigenvalue weighted by molar-refractivity contribution is 7.92. The molecule has 1 N–H and O–H groups in total. The average Bonchev–Trinajstić information content (AvgIpc) is 2.79. The Kier molecular flexibility index (Phi) is 8.65. The van der Waals surface area contributed by atoms with Crippen molar-refractivity contribution in [3.05, 3.63) is 93.4 Å². The van der Waals surface area contributed by atoms with Gasteiger partial charge in [0.1, 0.15) is 0 Å². The summed E-state index contributed by atoms with van der Waals surface area (Å²) >= 11 is 18.5. The smallest absolute Gasteiger partial charge is 0.264 e. The maximum Gasteiger partial charge on any atom is 0.264 e. The van der Waals surface area contributed by atoms with E-state index in [1.165, 1.54) is 34.6 Å². The molecule has 0 unspecified atom stereocenters. The summed E-state index contributed by atoms with van der Waals surface area (Å²) in [6, 6.07) is 19.1. The minimum absolute atomic E-state index is 0.0900. The zero-order valence-corrected chi connectivity index (χ0v) is 20.9. The van der Waals surface area contributed by atoms with Crippen LogP contribution < -0.4 is 9.62 Å². The minimum atomic E-state index is -3.96. The van der Waals surface area contributed by atoms with Crippen LogP contribution in [-0.4, -0.2) is 26.9 Å². The highest BCUT2D eigenvalue weighted by Gasteiger charge is 2.31. The van der Waals surface area contributed by atoms with Crippen LogP contribution in [0.15, 0.2) is 77.7 Å². The van der Waals surface area contributed by atoms with Crippen LogP contribution in [0.1, 0.15) is 30.1 Å². The average molecular weight is 526 g/mol. The van der Waals surface area contributed by atoms with Gasteiger partial charge in [-0.25, -0.2) is 8.42 Å². The van der Waals surface area contributed by atoms with E-state index >= 15 is 0 Å². The third kappa shape index (κ3) is 6.42. The summed E-state index contributed by atoms with van der Waals surface area (Å²) in [7, 11) is -3.96. The zero-order valence-electron chi connectivity index (χ0n) is 17.8. The van der Waals surface area contributed by atoms with Crippen molar-refractivity contribution in [1.29, 1.82) is 0 Å². The van der Waals surface area contributed by atoms with Gasteiger partial charge in [-0.05, 0) is 74.4 Å². The van der Waals surface area contributed by atoms with Crippen molar-refractivity contribution >= 4 is 56.4 Å². The normalized spacial score (nSPS) is 12.2. The number of nitrogens with one attached hydrogen (secondary N) is 1. The first kappa shape index (κ1) is 25.4. The topological polar surface area (TPSA) is 66.5 Å². The quantitative estimate of drug-likeness (QED) is 0.327. The molecule has 33 heavy (non-hydrogen) atoms. The van der Waals surface area contributed by atoms with Gasteiger partial charge in [0.05, 0.1) is 15.6 Å². The molecule has 3 aromatic carbocycles. The maximum absolute atomic E-state index is 13.6. The minimum Gasteiger partial charge on any atom is -0.352 e. The fourth-order valence-electron chi connectivity index (χ4n) is 3.39. The summed E-state index contributed by atoms with van der Waals surface area (Å²) < 4.78 is 28.5. The fourth-order valence-corrected chi connectivity index (χ4v) is 5.63. The fraction of sp³-hybridized carbons (Fsp3) is 0.208. The second kappa shape index (κ2) is 11.3. The standard InChI is InChI=1S/C24H23Cl3N2O3S/c1-17(6-5-15-28-24(30)18-7-3-2-4-8-18)29(23-16-20(26)11-14-22(23)27)33(31,32)21-12-9-19(25)10-13-21/h2-4,7-14,16-17H,5-6,15H2,1H3,(H,28,30)/t17-/m1/s1. The molecule has 3 aromatic rings. The number of anilines is 1. The summed E-state index contributed by atoms with van der Waals surface area (Å²) in [6.45, 7) is 2.19. The molecule has 0 saturated carbocycles. The molecule has 0 aliphatic rings. The summed E-state index contributed by atoms with van der Waals surface area (Å²) in [5, 5.41) is 3.93. The van der Waals surface area contributed by atoms with Crippen LogP contribution >= 0.6 is 34.8 Å². The first-order chi connectivity index (χ1) is 15.7. The second-order valence-electron chi connectivity index (χ2n) is 7.46. The zero-order chi connectivity index (χ0) is 24.0. The van der Waals surface area contributed by atoms with E-state index < -0.39 is 16.1 Å². The predicted molar refractivity (Wildman–Crippen MR) is 135 cm³/mol. The van der Waals surface area contributed by atoms with Crippen molar-refractivity contribution in [2.24, 2.45) is 0 Å². The SMILES string of the molecule is C[C@H](CCCNC(=O)c1ccccc1)N(c1cc(Cl)ccc1Cl)S(=O)(=O)c1ccc(Cl)cc1. The molecule has 0 aliphatic heterocycles. The Morgan fingerprint density at radius 3 is 2.24 bits per heavy atom. The second-order valence-corrected chi connectivity index (χ2v) is 10.6. The lowest BCUT2D eigenvalue weighted by Crippen LogP contribution is -2.39. The number of amides is 1. The Balaban J connectivity index is 1.79. The summed E-state index contributed by atoms with van der Waals surface area (Å²) in [5.41, 5.74) is 0.864. The molecule has 1 amide bonds. The molecule has 0 aliphatic carbocycles. The summed E-state index contributed by atoms with van der Waals surface area (Å²) in [5.74, 6) is -0.174. The van der Waals surface area contributed by atoms with Gasteiger partial charge in [-0.3, -0.25) is 9.10 Å². The number of hydrogen-bond acceptors (Lipinski definition) is 3. The Labute approximate surface area is 209 Å². The largest absolute Gasteiger partial charge is 0.352 e. The number of nitrogens with zero attached hydrogens (tertiary/aromatic N) is 1. The molecule has 9 heteroatoms. The Morgan fingerprint density at radius 2 is 1.58 bits per heavy atom. The van der Waals surface area contributed by atoms with Crippen LogP contribution in [0.3, 0.4) is 0 Å². The van der Waals surface area contributed by atoms with Crippen molar-refractivity contribution in [3.63, 3.8) is 0 Å². The van der Waals surface area contributed by atoms with E-state index in [4.69, 9.17) is 34.8 Å². The van der Waals surface area contributed by atoms with Crippen molar-refractivity contribution < 1.29 is 13.2 Å². The molecule has 1 atom stereocenters. The van der Waals surface area contributed by atoms with Gasteiger partial charge in [-0.15, -0.1) is 0 Å². The molecule has 0 radical (unpaired) electrons. The molecule has 0 spiro atoms. The number of sulfonamides is 1. The lowest BCUT2D eigenvalue weighted by atomic mass is 10.1. The van der Waals surface area contributed by atoms with Crippen molar-refractivity contribution in [1.82, 2.24) is 5.32 Å². The van der Waals surface area contributed by atoms with Gasteiger partial charge in [0, 0.05) is 28.2 Å². The lowest BCUT2D eigenvalue weighted by Gasteiger charge is -2.31. The third-order valence-electron chi connectivity index (χ3n) is 5.04. The van der Waals surface area contributed by atoms with E-state index in [1.54, 1.807) is 43.3 Å². The van der Waals surface area contributed by atoms with E-state index in [-0.39, 0.29) is 15.8 Å². The van der Waals surface area contributed by atoms with Crippen LogP contribution in [0, 0.1) is 0 Å². The van der Waals surface area contributed by atoms with Crippen molar-refractivity contribution in [2.45, 2.75) is 30.7 Å². The molecule has 0 bridgehead atoms. The Hall–Kier alpha value is -2.25. The van der Waals surface area contributed by atoms with Gasteiger partial charge in [0.25, 0.3) is 15.9 Å². The summed E-state index contributed by atoms with van der Waals surface area (Å²) in [4.78, 5) is 12.3. The van der Waals surface area contributed by atoms with Crippen LogP contribution in [0.5, 0.6) is 0 Å². The van der Waals surface area contributed by atoms with Gasteiger partial charge in [-0.2, -0.15) is 0 Å². The Bertz CT molecular complexity index is 1200. The molecule has 174 valence electrons. The van der Waals surface area contributed by atoms with E-state index in [1.807, 2.05) is 6.07 Å². The van der Waals surface area contributed by atoms with E-state index in [0.29, 0.717) is 40.7 Å². The molecule has 0 aromatic heterocycles. The van der Waals surface area contributed by atoms with Crippen LogP contribution in [0.25, 0.3) is 0 Å². The van der Waals surface area contributed by atoms with Crippen molar-refractivity contribution in [2.75, 3.05) is 10.8 Å². The van der Waals surface area contributed by atoms with Crippen LogP contribution in [0.4, 0.5) is 5.69 Å². The number of halogens is 3. The first-order valence-corrected chi connectivity index (χ1v) is 12.9. The number of benzene rings is 3. The molecule has 0 fully saturated rings. The first-order valence-electron chi connectivity index (χ1n) is 10.3. The maximum atomic E-state index is 13.6. The van der Waals surface area contributed by atoms with Gasteiger partial charge in [0.2, 0.25) is 0 Å². The van der Waals surface area contributed by atoms with Gasteiger partial charge >= 0.3 is 0 Å². The molecule has 0 saturated heterocycles. The monoisotopic (exact) mass is 524 g/mol. The molecular weight excluding hydrogens is 503 g/mol. The molecule has 5 nitrogen and oxygen atoms in total. The third-order valence-corrected chi connectivity index (χ3v) is 7.79. The van der Waals surface area contributed by atoms with E-state index in [2.05, 4.69) is 5.32 Å². The van der Waals surface area contributed by atoms with Gasteiger partial charge in [-0.1, -0.05) is 53.0 Å². The number of rotatable bonds is 9. The number of carbonyl (C=O) groups is 1. The van der Waals surface area contributed by atoms with Crippen molar-refractivity contribution in [3.8, 4) is 0 Å². The van der Waals surface area contributed by atoms with Gasteiger partial charge in [0.15, 0.2) is 0 Å². The highest BCUT2D eigenvalue weighted by Crippen LogP contribution is 2.35. The number of carbonyl (C=O) groups excluding carboxylic acids is 1. The van der Waals surface area contributed by atoms with E-state index in [0.717, 1.165) is 0 Å². The van der Waals surface area contributed by atoms with Gasteiger partial charge < -0.3 is 5.32 Å². The Morgan fingerprint density at radius 1 is 0.939 bits per heavy atom. The molecule has 0 heterocycles. The van der Waals surface area contributed by atoms with Crippen LogP contribution in [-0.2, 0) is 10.0 Å². The molecular formula is C24H23Cl3N2O3S. The highest BCUT2D eigenvalue weighted by atomic mass is 35.5. The number of hydrogen-bond donors (Lipinski definition) is 1. The predicted octanol–water partition coefficient (Wildman–Crippen LogP) is 6.44. The van der Waals surface area contributed by atoms with E-state index in [9.17, 15) is 13.2 Å².